The highest BCUT2D eigenvalue weighted by atomic mass is 16.1. The molecule has 4 aromatic rings. The van der Waals surface area contributed by atoms with Crippen LogP contribution in [0.4, 0.5) is 0 Å². The van der Waals surface area contributed by atoms with E-state index in [1.807, 2.05) is 45.9 Å². The first kappa shape index (κ1) is 16.3. The number of nitrogens with zero attached hydrogens (tertiary/aromatic N) is 3. The third-order valence-electron chi connectivity index (χ3n) is 4.16. The molecule has 0 saturated carbocycles. The van der Waals surface area contributed by atoms with Crippen molar-refractivity contribution in [3.8, 4) is 11.4 Å². The number of aromatic amines is 2. The molecule has 0 spiro atoms. The normalized spacial score (nSPS) is 12.0. The molecule has 3 heterocycles. The van der Waals surface area contributed by atoms with E-state index in [1.165, 1.54) is 0 Å². The first-order chi connectivity index (χ1) is 12.3. The van der Waals surface area contributed by atoms with Gasteiger partial charge in [-0.3, -0.25) is 9.89 Å². The number of rotatable bonds is 2. The Balaban J connectivity index is 1.83. The summed E-state index contributed by atoms with van der Waals surface area (Å²) < 4.78 is 0. The van der Waals surface area contributed by atoms with Crippen LogP contribution in [-0.2, 0) is 0 Å². The zero-order valence-electron chi connectivity index (χ0n) is 15.1. The van der Waals surface area contributed by atoms with Crippen molar-refractivity contribution >= 4 is 28.0 Å². The molecular weight excluding hydrogens is 328 g/mol. The summed E-state index contributed by atoms with van der Waals surface area (Å²) in [5.74, 6) is -0.182. The molecular formula is C19H20N6O. The number of nitrogens with one attached hydrogen (secondary N) is 3. The highest BCUT2D eigenvalue weighted by Crippen LogP contribution is 2.27. The molecule has 0 aliphatic rings. The van der Waals surface area contributed by atoms with E-state index in [-0.39, 0.29) is 11.4 Å². The average molecular weight is 348 g/mol. The summed E-state index contributed by atoms with van der Waals surface area (Å²) in [5, 5.41) is 11.4. The van der Waals surface area contributed by atoms with Gasteiger partial charge in [0, 0.05) is 17.1 Å². The molecule has 7 heteroatoms. The Bertz CT molecular complexity index is 1130. The summed E-state index contributed by atoms with van der Waals surface area (Å²) in [6, 6.07) is 6.01. The van der Waals surface area contributed by atoms with Crippen molar-refractivity contribution in [3.63, 3.8) is 0 Å². The first-order valence-corrected chi connectivity index (χ1v) is 8.44. The molecule has 0 unspecified atom stereocenters. The van der Waals surface area contributed by atoms with Gasteiger partial charge in [-0.15, -0.1) is 0 Å². The van der Waals surface area contributed by atoms with Crippen LogP contribution in [0.25, 0.3) is 33.5 Å². The molecule has 0 atom stereocenters. The number of aromatic nitrogens is 5. The van der Waals surface area contributed by atoms with Crippen molar-refractivity contribution in [2.75, 3.05) is 0 Å². The second-order valence-corrected chi connectivity index (χ2v) is 7.43. The number of benzene rings is 1. The third kappa shape index (κ3) is 2.71. The molecule has 3 N–H and O–H groups in total. The van der Waals surface area contributed by atoms with Crippen LogP contribution in [0.5, 0.6) is 0 Å². The SMILES string of the molecule is Cc1cccc2c(-c3cnc4[nH]cc(C(=O)NC(C)(C)C)c4n3)n[nH]c12. The number of amides is 1. The molecule has 132 valence electrons. The van der Waals surface area contributed by atoms with Gasteiger partial charge in [-0.2, -0.15) is 5.10 Å². The van der Waals surface area contributed by atoms with Crippen LogP contribution >= 0.6 is 0 Å². The van der Waals surface area contributed by atoms with Crippen molar-refractivity contribution in [2.45, 2.75) is 33.2 Å². The Kier molecular flexibility index (Phi) is 3.54. The molecule has 1 amide bonds. The quantitative estimate of drug-likeness (QED) is 0.517. The zero-order chi connectivity index (χ0) is 18.5. The van der Waals surface area contributed by atoms with Crippen molar-refractivity contribution in [1.82, 2.24) is 30.5 Å². The van der Waals surface area contributed by atoms with Crippen LogP contribution in [0, 0.1) is 6.92 Å². The molecule has 26 heavy (non-hydrogen) atoms. The van der Waals surface area contributed by atoms with Gasteiger partial charge in [-0.1, -0.05) is 18.2 Å². The van der Waals surface area contributed by atoms with E-state index in [0.717, 1.165) is 22.2 Å². The molecule has 0 radical (unpaired) electrons. The van der Waals surface area contributed by atoms with Gasteiger partial charge >= 0.3 is 0 Å². The lowest BCUT2D eigenvalue weighted by molar-refractivity contribution is 0.0921. The molecule has 4 rings (SSSR count). The number of H-pyrrole nitrogens is 2. The number of para-hydroxylation sites is 1. The Labute approximate surface area is 150 Å². The number of carbonyl (C=O) groups excluding carboxylic acids is 1. The second-order valence-electron chi connectivity index (χ2n) is 7.43. The fraction of sp³-hybridized carbons (Fsp3) is 0.263. The minimum Gasteiger partial charge on any atom is -0.347 e. The van der Waals surface area contributed by atoms with Gasteiger partial charge < -0.3 is 10.3 Å². The highest BCUT2D eigenvalue weighted by Gasteiger charge is 2.20. The van der Waals surface area contributed by atoms with Gasteiger partial charge in [-0.05, 0) is 33.3 Å². The molecule has 0 aliphatic heterocycles. The molecule has 0 fully saturated rings. The van der Waals surface area contributed by atoms with E-state index < -0.39 is 0 Å². The molecule has 7 nitrogen and oxygen atoms in total. The summed E-state index contributed by atoms with van der Waals surface area (Å²) >= 11 is 0. The van der Waals surface area contributed by atoms with Gasteiger partial charge in [0.2, 0.25) is 0 Å². The molecule has 0 saturated heterocycles. The van der Waals surface area contributed by atoms with Gasteiger partial charge in [-0.25, -0.2) is 9.97 Å². The molecule has 3 aromatic heterocycles. The fourth-order valence-electron chi connectivity index (χ4n) is 2.97. The Morgan fingerprint density at radius 1 is 1.23 bits per heavy atom. The first-order valence-electron chi connectivity index (χ1n) is 8.44. The van der Waals surface area contributed by atoms with Crippen LogP contribution in [0.15, 0.2) is 30.6 Å². The lowest BCUT2D eigenvalue weighted by atomic mass is 10.1. The van der Waals surface area contributed by atoms with Crippen LogP contribution in [0.2, 0.25) is 0 Å². The van der Waals surface area contributed by atoms with Gasteiger partial charge in [0.25, 0.3) is 5.91 Å². The Morgan fingerprint density at radius 2 is 2.04 bits per heavy atom. The topological polar surface area (TPSA) is 99.3 Å². The van der Waals surface area contributed by atoms with Crippen LogP contribution in [0.1, 0.15) is 36.7 Å². The molecule has 0 aliphatic carbocycles. The maximum absolute atomic E-state index is 12.6. The monoisotopic (exact) mass is 348 g/mol. The van der Waals surface area contributed by atoms with Crippen LogP contribution in [-0.4, -0.2) is 36.6 Å². The standard InChI is InChI=1S/C19H20N6O/c1-10-6-5-7-11-14(10)24-25-15(11)13-9-21-17-16(22-13)12(8-20-17)18(26)23-19(2,3)4/h5-9H,1-4H3,(H,20,21)(H,23,26)(H,24,25). The van der Waals surface area contributed by atoms with Crippen molar-refractivity contribution in [1.29, 1.82) is 0 Å². The van der Waals surface area contributed by atoms with Crippen LogP contribution in [0.3, 0.4) is 0 Å². The van der Waals surface area contributed by atoms with Gasteiger partial charge in [0.1, 0.15) is 16.9 Å². The Hall–Kier alpha value is -3.22. The summed E-state index contributed by atoms with van der Waals surface area (Å²) in [7, 11) is 0. The van der Waals surface area contributed by atoms with E-state index >= 15 is 0 Å². The minimum atomic E-state index is -0.332. The maximum atomic E-state index is 12.6. The minimum absolute atomic E-state index is 0.182. The lowest BCUT2D eigenvalue weighted by Crippen LogP contribution is -2.40. The molecule has 0 bridgehead atoms. The summed E-state index contributed by atoms with van der Waals surface area (Å²) in [6.07, 6.45) is 3.31. The largest absolute Gasteiger partial charge is 0.347 e. The van der Waals surface area contributed by atoms with Crippen molar-refractivity contribution in [3.05, 3.63) is 41.7 Å². The van der Waals surface area contributed by atoms with Crippen molar-refractivity contribution in [2.24, 2.45) is 0 Å². The molecule has 1 aromatic carbocycles. The summed E-state index contributed by atoms with van der Waals surface area (Å²) in [6.45, 7) is 7.85. The highest BCUT2D eigenvalue weighted by molar-refractivity contribution is 6.05. The number of carbonyl (C=O) groups is 1. The van der Waals surface area contributed by atoms with Gasteiger partial charge in [0.05, 0.1) is 17.3 Å². The number of aryl methyl sites for hydroxylation is 1. The van der Waals surface area contributed by atoms with E-state index in [0.29, 0.717) is 22.4 Å². The summed E-state index contributed by atoms with van der Waals surface area (Å²) in [5.41, 5.74) is 4.69. The van der Waals surface area contributed by atoms with Gasteiger partial charge in [0.15, 0.2) is 5.65 Å². The van der Waals surface area contributed by atoms with E-state index in [2.05, 4.69) is 30.5 Å². The van der Waals surface area contributed by atoms with E-state index in [1.54, 1.807) is 12.4 Å². The number of fused-ring (bicyclic) bond motifs is 2. The van der Waals surface area contributed by atoms with E-state index in [4.69, 9.17) is 0 Å². The number of hydrogen-bond acceptors (Lipinski definition) is 4. The fourth-order valence-corrected chi connectivity index (χ4v) is 2.97. The predicted molar refractivity (Wildman–Crippen MR) is 101 cm³/mol. The zero-order valence-corrected chi connectivity index (χ0v) is 15.1. The third-order valence-corrected chi connectivity index (χ3v) is 4.16. The van der Waals surface area contributed by atoms with E-state index in [9.17, 15) is 4.79 Å². The predicted octanol–water partition coefficient (Wildman–Crippen LogP) is 3.34. The van der Waals surface area contributed by atoms with Crippen LogP contribution < -0.4 is 5.32 Å². The lowest BCUT2D eigenvalue weighted by Gasteiger charge is -2.19. The summed E-state index contributed by atoms with van der Waals surface area (Å²) in [4.78, 5) is 24.7. The second kappa shape index (κ2) is 5.66. The van der Waals surface area contributed by atoms with Crippen molar-refractivity contribution < 1.29 is 4.79 Å². The average Bonchev–Trinajstić information content (AvgIpc) is 3.17. The Morgan fingerprint density at radius 3 is 2.81 bits per heavy atom. The maximum Gasteiger partial charge on any atom is 0.255 e. The number of hydrogen-bond donors (Lipinski definition) is 3. The smallest absolute Gasteiger partial charge is 0.255 e.